The zero-order valence-corrected chi connectivity index (χ0v) is 10.8. The van der Waals surface area contributed by atoms with E-state index in [1.54, 1.807) is 25.1 Å². The van der Waals surface area contributed by atoms with Gasteiger partial charge in [-0.15, -0.1) is 0 Å². The van der Waals surface area contributed by atoms with Crippen molar-refractivity contribution in [1.29, 1.82) is 0 Å². The molecule has 0 saturated heterocycles. The van der Waals surface area contributed by atoms with E-state index in [9.17, 15) is 14.3 Å². The third-order valence-electron chi connectivity index (χ3n) is 3.24. The molecule has 0 atom stereocenters. The van der Waals surface area contributed by atoms with Crippen molar-refractivity contribution in [2.24, 2.45) is 0 Å². The van der Waals surface area contributed by atoms with Crippen LogP contribution >= 0.6 is 0 Å². The number of fused-ring (bicyclic) bond motifs is 1. The van der Waals surface area contributed by atoms with Crippen LogP contribution in [0.5, 0.6) is 5.75 Å². The Labute approximate surface area is 114 Å². The molecule has 0 fully saturated rings. The number of hydrogen-bond acceptors (Lipinski definition) is 2. The summed E-state index contributed by atoms with van der Waals surface area (Å²) >= 11 is 0. The van der Waals surface area contributed by atoms with Crippen molar-refractivity contribution in [3.8, 4) is 5.75 Å². The second-order valence-corrected chi connectivity index (χ2v) is 4.68. The Kier molecular flexibility index (Phi) is 2.79. The summed E-state index contributed by atoms with van der Waals surface area (Å²) in [4.78, 5) is 12.5. The van der Waals surface area contributed by atoms with E-state index in [4.69, 9.17) is 0 Å². The standard InChI is InChI=1S/C16H12FNO2/c1-10-7-12-9-14(19)5-6-15(12)18(10)16(20)11-3-2-4-13(17)8-11/h2-9,19H,1H3. The number of phenols is 1. The third kappa shape index (κ3) is 1.95. The van der Waals surface area contributed by atoms with E-state index >= 15 is 0 Å². The molecule has 2 aromatic carbocycles. The number of aromatic hydroxyl groups is 1. The molecule has 0 unspecified atom stereocenters. The lowest BCUT2D eigenvalue weighted by Crippen LogP contribution is -2.13. The van der Waals surface area contributed by atoms with Gasteiger partial charge in [0.1, 0.15) is 11.6 Å². The summed E-state index contributed by atoms with van der Waals surface area (Å²) in [5, 5.41) is 10.2. The average molecular weight is 269 g/mol. The van der Waals surface area contributed by atoms with E-state index in [1.165, 1.54) is 28.8 Å². The Balaban J connectivity index is 2.19. The van der Waals surface area contributed by atoms with Crippen molar-refractivity contribution < 1.29 is 14.3 Å². The van der Waals surface area contributed by atoms with Crippen LogP contribution in [0, 0.1) is 12.7 Å². The molecule has 4 heteroatoms. The molecule has 1 N–H and O–H groups in total. The average Bonchev–Trinajstić information content (AvgIpc) is 2.73. The molecule has 20 heavy (non-hydrogen) atoms. The largest absolute Gasteiger partial charge is 0.508 e. The zero-order valence-electron chi connectivity index (χ0n) is 10.8. The van der Waals surface area contributed by atoms with Crippen LogP contribution in [0.3, 0.4) is 0 Å². The number of halogens is 1. The van der Waals surface area contributed by atoms with Gasteiger partial charge in [-0.2, -0.15) is 0 Å². The number of carbonyl (C=O) groups excluding carboxylic acids is 1. The predicted molar refractivity (Wildman–Crippen MR) is 74.5 cm³/mol. The van der Waals surface area contributed by atoms with Crippen LogP contribution in [0.15, 0.2) is 48.5 Å². The highest BCUT2D eigenvalue weighted by Crippen LogP contribution is 2.24. The SMILES string of the molecule is Cc1cc2cc(O)ccc2n1C(=O)c1cccc(F)c1. The van der Waals surface area contributed by atoms with Gasteiger partial charge in [-0.05, 0) is 49.4 Å². The fourth-order valence-electron chi connectivity index (χ4n) is 2.36. The molecule has 3 rings (SSSR count). The third-order valence-corrected chi connectivity index (χ3v) is 3.24. The molecule has 0 aliphatic carbocycles. The maximum absolute atomic E-state index is 13.2. The van der Waals surface area contributed by atoms with Gasteiger partial charge in [-0.3, -0.25) is 9.36 Å². The maximum atomic E-state index is 13.2. The van der Waals surface area contributed by atoms with E-state index in [0.29, 0.717) is 11.1 Å². The van der Waals surface area contributed by atoms with Gasteiger partial charge in [0.2, 0.25) is 0 Å². The van der Waals surface area contributed by atoms with Gasteiger partial charge in [0, 0.05) is 16.6 Å². The normalized spacial score (nSPS) is 10.9. The molecule has 0 aliphatic rings. The van der Waals surface area contributed by atoms with Crippen LogP contribution in [0.2, 0.25) is 0 Å². The first-order chi connectivity index (χ1) is 9.56. The predicted octanol–water partition coefficient (Wildman–Crippen LogP) is 3.48. The summed E-state index contributed by atoms with van der Waals surface area (Å²) in [6.45, 7) is 1.80. The molecule has 0 aliphatic heterocycles. The Bertz CT molecular complexity index is 820. The highest BCUT2D eigenvalue weighted by atomic mass is 19.1. The number of aryl methyl sites for hydroxylation is 1. The quantitative estimate of drug-likeness (QED) is 0.734. The lowest BCUT2D eigenvalue weighted by Gasteiger charge is -2.07. The minimum atomic E-state index is -0.442. The number of aromatic nitrogens is 1. The highest BCUT2D eigenvalue weighted by Gasteiger charge is 2.15. The van der Waals surface area contributed by atoms with E-state index in [1.807, 2.05) is 6.07 Å². The summed E-state index contributed by atoms with van der Waals surface area (Å²) in [5.41, 5.74) is 1.72. The lowest BCUT2D eigenvalue weighted by molar-refractivity contribution is 0.0962. The first-order valence-corrected chi connectivity index (χ1v) is 6.17. The first-order valence-electron chi connectivity index (χ1n) is 6.17. The Hall–Kier alpha value is -2.62. The van der Waals surface area contributed by atoms with Crippen LogP contribution in [0.4, 0.5) is 4.39 Å². The van der Waals surface area contributed by atoms with E-state index in [0.717, 1.165) is 11.1 Å². The van der Waals surface area contributed by atoms with Crippen molar-refractivity contribution in [3.05, 3.63) is 65.6 Å². The van der Waals surface area contributed by atoms with E-state index in [2.05, 4.69) is 0 Å². The van der Waals surface area contributed by atoms with Gasteiger partial charge in [-0.25, -0.2) is 4.39 Å². The minimum Gasteiger partial charge on any atom is -0.508 e. The molecular weight excluding hydrogens is 257 g/mol. The molecule has 100 valence electrons. The molecular formula is C16H12FNO2. The second-order valence-electron chi connectivity index (χ2n) is 4.68. The van der Waals surface area contributed by atoms with Crippen molar-refractivity contribution in [1.82, 2.24) is 4.57 Å². The van der Waals surface area contributed by atoms with E-state index in [-0.39, 0.29) is 11.7 Å². The summed E-state index contributed by atoms with van der Waals surface area (Å²) in [7, 11) is 0. The van der Waals surface area contributed by atoms with Gasteiger partial charge < -0.3 is 5.11 Å². The molecule has 0 saturated carbocycles. The van der Waals surface area contributed by atoms with Crippen LogP contribution in [0.25, 0.3) is 10.9 Å². The van der Waals surface area contributed by atoms with Crippen LogP contribution in [0.1, 0.15) is 16.1 Å². The van der Waals surface area contributed by atoms with E-state index < -0.39 is 5.82 Å². The minimum absolute atomic E-state index is 0.146. The number of rotatable bonds is 1. The smallest absolute Gasteiger partial charge is 0.262 e. The van der Waals surface area contributed by atoms with Crippen molar-refractivity contribution in [2.45, 2.75) is 6.92 Å². The monoisotopic (exact) mass is 269 g/mol. The van der Waals surface area contributed by atoms with Gasteiger partial charge in [0.05, 0.1) is 5.52 Å². The molecule has 0 bridgehead atoms. The highest BCUT2D eigenvalue weighted by molar-refractivity contribution is 6.03. The number of hydrogen-bond donors (Lipinski definition) is 1. The molecule has 0 spiro atoms. The summed E-state index contributed by atoms with van der Waals surface area (Å²) < 4.78 is 14.8. The summed E-state index contributed by atoms with van der Waals surface area (Å²) in [5.74, 6) is -0.585. The number of phenolic OH excluding ortho intramolecular Hbond substituents is 1. The van der Waals surface area contributed by atoms with Gasteiger partial charge in [-0.1, -0.05) is 6.07 Å². The molecule has 0 amide bonds. The molecule has 0 radical (unpaired) electrons. The molecule has 1 heterocycles. The zero-order chi connectivity index (χ0) is 14.3. The summed E-state index contributed by atoms with van der Waals surface area (Å²) in [6, 6.07) is 12.2. The Morgan fingerprint density at radius 1 is 1.15 bits per heavy atom. The number of carbonyl (C=O) groups is 1. The van der Waals surface area contributed by atoms with Crippen molar-refractivity contribution >= 4 is 16.8 Å². The van der Waals surface area contributed by atoms with Crippen LogP contribution < -0.4 is 0 Å². The molecule has 3 nitrogen and oxygen atoms in total. The fourth-order valence-corrected chi connectivity index (χ4v) is 2.36. The topological polar surface area (TPSA) is 42.2 Å². The second kappa shape index (κ2) is 4.49. The van der Waals surface area contributed by atoms with Gasteiger partial charge in [0.25, 0.3) is 5.91 Å². The van der Waals surface area contributed by atoms with Gasteiger partial charge >= 0.3 is 0 Å². The summed E-state index contributed by atoms with van der Waals surface area (Å²) in [6.07, 6.45) is 0. The molecule has 1 aromatic heterocycles. The van der Waals surface area contributed by atoms with Crippen molar-refractivity contribution in [3.63, 3.8) is 0 Å². The number of nitrogens with zero attached hydrogens (tertiary/aromatic N) is 1. The maximum Gasteiger partial charge on any atom is 0.262 e. The Morgan fingerprint density at radius 2 is 1.95 bits per heavy atom. The lowest BCUT2D eigenvalue weighted by atomic mass is 10.2. The Morgan fingerprint density at radius 3 is 2.70 bits per heavy atom. The first kappa shape index (κ1) is 12.4. The van der Waals surface area contributed by atoms with Crippen LogP contribution in [-0.4, -0.2) is 15.6 Å². The van der Waals surface area contributed by atoms with Gasteiger partial charge in [0.15, 0.2) is 0 Å². The van der Waals surface area contributed by atoms with Crippen molar-refractivity contribution in [2.75, 3.05) is 0 Å². The van der Waals surface area contributed by atoms with Crippen LogP contribution in [-0.2, 0) is 0 Å². The molecule has 3 aromatic rings. The number of benzene rings is 2. The fraction of sp³-hybridized carbons (Fsp3) is 0.0625.